The molecule has 0 bridgehead atoms. The van der Waals surface area contributed by atoms with Crippen molar-refractivity contribution < 1.29 is 13.9 Å². The molecule has 0 aliphatic heterocycles. The van der Waals surface area contributed by atoms with Crippen LogP contribution in [-0.2, 0) is 6.61 Å². The highest BCUT2D eigenvalue weighted by atomic mass is 19.1. The number of amides is 1. The number of halogens is 1. The predicted molar refractivity (Wildman–Crippen MR) is 92.2 cm³/mol. The van der Waals surface area contributed by atoms with Crippen molar-refractivity contribution in [2.75, 3.05) is 5.32 Å². The number of pyridine rings is 1. The molecule has 3 rings (SSSR count). The molecular formula is C19H15FN2O3. The molecule has 0 saturated carbocycles. The number of nitrogens with one attached hydrogen (secondary N) is 2. The van der Waals surface area contributed by atoms with Gasteiger partial charge in [0.25, 0.3) is 5.91 Å². The van der Waals surface area contributed by atoms with Crippen molar-refractivity contribution in [2.24, 2.45) is 0 Å². The maximum absolute atomic E-state index is 13.1. The van der Waals surface area contributed by atoms with Gasteiger partial charge in [-0.15, -0.1) is 0 Å². The van der Waals surface area contributed by atoms with Gasteiger partial charge in [-0.05, 0) is 48.0 Å². The number of hydrogen-bond acceptors (Lipinski definition) is 3. The molecule has 3 aromatic rings. The lowest BCUT2D eigenvalue weighted by atomic mass is 10.2. The molecule has 5 nitrogen and oxygen atoms in total. The highest BCUT2D eigenvalue weighted by molar-refractivity contribution is 6.04. The molecule has 0 aliphatic carbocycles. The molecule has 0 radical (unpaired) electrons. The first-order valence-electron chi connectivity index (χ1n) is 7.57. The van der Waals surface area contributed by atoms with E-state index < -0.39 is 0 Å². The van der Waals surface area contributed by atoms with Crippen molar-refractivity contribution in [3.05, 3.63) is 94.2 Å². The van der Waals surface area contributed by atoms with Crippen molar-refractivity contribution in [1.29, 1.82) is 0 Å². The van der Waals surface area contributed by atoms with E-state index in [-0.39, 0.29) is 23.9 Å². The first-order valence-corrected chi connectivity index (χ1v) is 7.57. The molecule has 0 saturated heterocycles. The van der Waals surface area contributed by atoms with Crippen LogP contribution in [0.1, 0.15) is 15.9 Å². The number of aromatic nitrogens is 1. The molecular weight excluding hydrogens is 323 g/mol. The Balaban J connectivity index is 1.59. The van der Waals surface area contributed by atoms with Gasteiger partial charge in [0.2, 0.25) is 5.56 Å². The van der Waals surface area contributed by atoms with Crippen LogP contribution in [-0.4, -0.2) is 10.9 Å². The van der Waals surface area contributed by atoms with Crippen LogP contribution in [0.2, 0.25) is 0 Å². The van der Waals surface area contributed by atoms with E-state index in [9.17, 15) is 14.0 Å². The smallest absolute Gasteiger partial charge is 0.257 e. The van der Waals surface area contributed by atoms with Gasteiger partial charge in [-0.3, -0.25) is 9.59 Å². The molecule has 1 amide bonds. The number of rotatable bonds is 5. The Morgan fingerprint density at radius 3 is 2.56 bits per heavy atom. The van der Waals surface area contributed by atoms with Gasteiger partial charge >= 0.3 is 0 Å². The number of aromatic amines is 1. The molecule has 6 heteroatoms. The number of hydrogen-bond donors (Lipinski definition) is 2. The number of benzene rings is 2. The number of carbonyl (C=O) groups excluding carboxylic acids is 1. The second-order valence-electron chi connectivity index (χ2n) is 5.34. The summed E-state index contributed by atoms with van der Waals surface area (Å²) in [4.78, 5) is 25.5. The lowest BCUT2D eigenvalue weighted by molar-refractivity contribution is 0.102. The van der Waals surface area contributed by atoms with Gasteiger partial charge in [-0.2, -0.15) is 0 Å². The molecule has 25 heavy (non-hydrogen) atoms. The van der Waals surface area contributed by atoms with E-state index in [1.807, 2.05) is 0 Å². The summed E-state index contributed by atoms with van der Waals surface area (Å²) in [5.74, 6) is -0.0302. The van der Waals surface area contributed by atoms with Crippen LogP contribution in [0, 0.1) is 5.82 Å². The molecule has 0 spiro atoms. The maximum Gasteiger partial charge on any atom is 0.257 e. The third kappa shape index (κ3) is 4.54. The zero-order chi connectivity index (χ0) is 17.6. The molecule has 1 heterocycles. The molecule has 2 aromatic carbocycles. The SMILES string of the molecule is O=C(Nc1ccc(OCc2cccc(F)c2)cc1)c1ccc(=O)[nH]c1. The molecule has 0 aliphatic rings. The Morgan fingerprint density at radius 2 is 1.88 bits per heavy atom. The van der Waals surface area contributed by atoms with Crippen molar-refractivity contribution in [2.45, 2.75) is 6.61 Å². The lowest BCUT2D eigenvalue weighted by Crippen LogP contribution is -2.14. The summed E-state index contributed by atoms with van der Waals surface area (Å²) in [7, 11) is 0. The predicted octanol–water partition coefficient (Wildman–Crippen LogP) is 3.35. The Kier molecular flexibility index (Phi) is 4.89. The average molecular weight is 338 g/mol. The van der Waals surface area contributed by atoms with Crippen LogP contribution in [0.4, 0.5) is 10.1 Å². The monoisotopic (exact) mass is 338 g/mol. The van der Waals surface area contributed by atoms with Gasteiger partial charge in [0.1, 0.15) is 18.2 Å². The topological polar surface area (TPSA) is 71.2 Å². The summed E-state index contributed by atoms with van der Waals surface area (Å²) in [6.45, 7) is 0.251. The highest BCUT2D eigenvalue weighted by Crippen LogP contribution is 2.18. The van der Waals surface area contributed by atoms with E-state index in [0.717, 1.165) is 5.56 Å². The molecule has 0 atom stereocenters. The van der Waals surface area contributed by atoms with Crippen LogP contribution in [0.5, 0.6) is 5.75 Å². The number of carbonyl (C=O) groups is 1. The Bertz CT molecular complexity index is 915. The van der Waals surface area contributed by atoms with E-state index in [1.165, 1.54) is 30.5 Å². The number of anilines is 1. The Morgan fingerprint density at radius 1 is 1.08 bits per heavy atom. The second-order valence-corrected chi connectivity index (χ2v) is 5.34. The zero-order valence-electron chi connectivity index (χ0n) is 13.2. The fraction of sp³-hybridized carbons (Fsp3) is 0.0526. The van der Waals surface area contributed by atoms with Crippen molar-refractivity contribution in [3.8, 4) is 5.75 Å². The van der Waals surface area contributed by atoms with E-state index in [2.05, 4.69) is 10.3 Å². The fourth-order valence-corrected chi connectivity index (χ4v) is 2.18. The van der Waals surface area contributed by atoms with Crippen LogP contribution >= 0.6 is 0 Å². The fourth-order valence-electron chi connectivity index (χ4n) is 2.18. The Labute approximate surface area is 143 Å². The van der Waals surface area contributed by atoms with Gasteiger partial charge in [0.05, 0.1) is 5.56 Å². The minimum Gasteiger partial charge on any atom is -0.489 e. The molecule has 1 aromatic heterocycles. The summed E-state index contributed by atoms with van der Waals surface area (Å²) < 4.78 is 18.7. The molecule has 2 N–H and O–H groups in total. The first-order chi connectivity index (χ1) is 12.1. The normalized spacial score (nSPS) is 10.3. The van der Waals surface area contributed by atoms with Gasteiger partial charge in [-0.1, -0.05) is 12.1 Å². The van der Waals surface area contributed by atoms with Gasteiger partial charge in [0.15, 0.2) is 0 Å². The van der Waals surface area contributed by atoms with Crippen LogP contribution in [0.15, 0.2) is 71.7 Å². The van der Waals surface area contributed by atoms with Gasteiger partial charge in [0, 0.05) is 18.0 Å². The van der Waals surface area contributed by atoms with E-state index >= 15 is 0 Å². The van der Waals surface area contributed by atoms with Crippen LogP contribution in [0.25, 0.3) is 0 Å². The zero-order valence-corrected chi connectivity index (χ0v) is 13.2. The molecule has 0 fully saturated rings. The maximum atomic E-state index is 13.1. The second kappa shape index (κ2) is 7.44. The van der Waals surface area contributed by atoms with Crippen molar-refractivity contribution in [1.82, 2.24) is 4.98 Å². The van der Waals surface area contributed by atoms with Gasteiger partial charge < -0.3 is 15.0 Å². The summed E-state index contributed by atoms with van der Waals surface area (Å²) in [6.07, 6.45) is 1.36. The Hall–Kier alpha value is -3.41. The molecule has 0 unspecified atom stereocenters. The summed E-state index contributed by atoms with van der Waals surface area (Å²) >= 11 is 0. The summed E-state index contributed by atoms with van der Waals surface area (Å²) in [5, 5.41) is 2.72. The van der Waals surface area contributed by atoms with Crippen LogP contribution in [0.3, 0.4) is 0 Å². The van der Waals surface area contributed by atoms with E-state index in [4.69, 9.17) is 4.74 Å². The average Bonchev–Trinajstić information content (AvgIpc) is 2.62. The number of H-pyrrole nitrogens is 1. The summed E-state index contributed by atoms with van der Waals surface area (Å²) in [5.41, 5.74) is 1.41. The van der Waals surface area contributed by atoms with E-state index in [1.54, 1.807) is 36.4 Å². The first kappa shape index (κ1) is 16.4. The quantitative estimate of drug-likeness (QED) is 0.749. The minimum atomic E-state index is -0.329. The standard InChI is InChI=1S/C19H15FN2O3/c20-15-3-1-2-13(10-15)12-25-17-7-5-16(6-8-17)22-19(24)14-4-9-18(23)21-11-14/h1-11H,12H2,(H,21,23)(H,22,24). The molecule has 126 valence electrons. The third-order valence-electron chi connectivity index (χ3n) is 3.45. The summed E-state index contributed by atoms with van der Waals surface area (Å²) in [6, 6.07) is 15.8. The van der Waals surface area contributed by atoms with Crippen molar-refractivity contribution in [3.63, 3.8) is 0 Å². The van der Waals surface area contributed by atoms with E-state index in [0.29, 0.717) is 17.0 Å². The van der Waals surface area contributed by atoms with Crippen LogP contribution < -0.4 is 15.6 Å². The third-order valence-corrected chi connectivity index (χ3v) is 3.45. The lowest BCUT2D eigenvalue weighted by Gasteiger charge is -2.08. The largest absolute Gasteiger partial charge is 0.489 e. The number of ether oxygens (including phenoxy) is 1. The van der Waals surface area contributed by atoms with Gasteiger partial charge in [-0.25, -0.2) is 4.39 Å². The van der Waals surface area contributed by atoms with Crippen molar-refractivity contribution >= 4 is 11.6 Å². The minimum absolute atomic E-state index is 0.251. The highest BCUT2D eigenvalue weighted by Gasteiger charge is 2.06.